The molecule has 1 heterocycles. The van der Waals surface area contributed by atoms with Gasteiger partial charge in [-0.3, -0.25) is 9.98 Å². The van der Waals surface area contributed by atoms with Gasteiger partial charge in [0.2, 0.25) is 5.96 Å². The zero-order chi connectivity index (χ0) is 16.7. The largest absolute Gasteiger partial charge is 0.496 e. The molecule has 2 rings (SSSR count). The molecule has 1 unspecified atom stereocenters. The van der Waals surface area contributed by atoms with Crippen molar-refractivity contribution < 1.29 is 4.74 Å². The molecule has 0 saturated carbocycles. The van der Waals surface area contributed by atoms with Crippen LogP contribution in [0.15, 0.2) is 53.7 Å². The van der Waals surface area contributed by atoms with E-state index in [9.17, 15) is 5.26 Å². The van der Waals surface area contributed by atoms with E-state index in [2.05, 4.69) is 16.2 Å². The number of para-hydroxylation sites is 1. The van der Waals surface area contributed by atoms with Crippen LogP contribution in [0, 0.1) is 11.5 Å². The van der Waals surface area contributed by atoms with Crippen molar-refractivity contribution in [1.29, 1.82) is 5.26 Å². The molecule has 0 saturated heterocycles. The Bertz CT molecular complexity index is 708. The summed E-state index contributed by atoms with van der Waals surface area (Å²) in [5.41, 5.74) is 7.47. The molecule has 1 aromatic heterocycles. The highest BCUT2D eigenvalue weighted by Crippen LogP contribution is 2.33. The molecule has 0 aliphatic carbocycles. The van der Waals surface area contributed by atoms with E-state index >= 15 is 0 Å². The van der Waals surface area contributed by atoms with E-state index in [1.54, 1.807) is 13.3 Å². The van der Waals surface area contributed by atoms with Crippen LogP contribution in [0.25, 0.3) is 0 Å². The Hall–Kier alpha value is -3.07. The number of aromatic nitrogens is 1. The molecule has 1 atom stereocenters. The number of nitrogens with two attached hydrogens (primary N) is 1. The van der Waals surface area contributed by atoms with Gasteiger partial charge in [0.25, 0.3) is 0 Å². The first-order chi connectivity index (χ1) is 11.2. The normalized spacial score (nSPS) is 12.3. The first-order valence-corrected chi connectivity index (χ1v) is 7.25. The number of pyridine rings is 1. The van der Waals surface area contributed by atoms with E-state index in [0.717, 1.165) is 5.56 Å². The van der Waals surface area contributed by atoms with Crippen LogP contribution in [0.2, 0.25) is 0 Å². The Morgan fingerprint density at radius 2 is 2.09 bits per heavy atom. The molecule has 0 aliphatic heterocycles. The first-order valence-electron chi connectivity index (χ1n) is 7.25. The number of hydrogen-bond donors (Lipinski definition) is 1. The van der Waals surface area contributed by atoms with E-state index in [0.29, 0.717) is 18.0 Å². The molecule has 0 amide bonds. The maximum atomic E-state index is 9.63. The maximum absolute atomic E-state index is 9.63. The molecule has 0 spiro atoms. The van der Waals surface area contributed by atoms with Gasteiger partial charge in [-0.1, -0.05) is 24.3 Å². The average Bonchev–Trinajstić information content (AvgIpc) is 2.60. The van der Waals surface area contributed by atoms with Gasteiger partial charge in [-0.15, -0.1) is 0 Å². The molecular weight excluding hydrogens is 290 g/mol. The second kappa shape index (κ2) is 7.80. The molecule has 0 bridgehead atoms. The summed E-state index contributed by atoms with van der Waals surface area (Å²) in [7, 11) is 1.59. The van der Waals surface area contributed by atoms with Crippen LogP contribution >= 0.6 is 0 Å². The molecule has 0 radical (unpaired) electrons. The van der Waals surface area contributed by atoms with Crippen LogP contribution in [0.3, 0.4) is 0 Å². The second-order valence-corrected chi connectivity index (χ2v) is 4.70. The maximum Gasteiger partial charge on any atom is 0.205 e. The lowest BCUT2D eigenvalue weighted by Crippen LogP contribution is -2.37. The summed E-state index contributed by atoms with van der Waals surface area (Å²) in [6.45, 7) is 2.35. The molecule has 2 aromatic rings. The Labute approximate surface area is 135 Å². The fraction of sp³-hybridized carbons (Fsp3) is 0.235. The summed E-state index contributed by atoms with van der Waals surface area (Å²) < 4.78 is 5.44. The van der Waals surface area contributed by atoms with Crippen molar-refractivity contribution >= 4 is 5.96 Å². The second-order valence-electron chi connectivity index (χ2n) is 4.70. The lowest BCUT2D eigenvalue weighted by atomic mass is 10.0. The number of methoxy groups -OCH3 is 1. The highest BCUT2D eigenvalue weighted by Gasteiger charge is 2.28. The van der Waals surface area contributed by atoms with Gasteiger partial charge < -0.3 is 10.5 Å². The van der Waals surface area contributed by atoms with Gasteiger partial charge in [-0.05, 0) is 25.1 Å². The molecule has 2 N–H and O–H groups in total. The third kappa shape index (κ3) is 3.58. The van der Waals surface area contributed by atoms with Crippen LogP contribution in [0.4, 0.5) is 0 Å². The number of hydrogen-bond acceptors (Lipinski definition) is 4. The third-order valence-corrected chi connectivity index (χ3v) is 3.33. The highest BCUT2D eigenvalue weighted by molar-refractivity contribution is 5.80. The number of nitrogens with zero attached hydrogens (tertiary/aromatic N) is 4. The van der Waals surface area contributed by atoms with Gasteiger partial charge in [-0.25, -0.2) is 4.90 Å². The standard InChI is InChI=1S/C17H19N5O/c1-3-20-17(19)22(12-18)16(14-9-6-7-11-21-14)13-8-4-5-10-15(13)23-2/h4-11,16H,3H2,1-2H3,(H2,19,20). The molecule has 6 nitrogen and oxygen atoms in total. The first kappa shape index (κ1) is 16.3. The summed E-state index contributed by atoms with van der Waals surface area (Å²) in [5, 5.41) is 9.63. The van der Waals surface area contributed by atoms with E-state index in [1.807, 2.05) is 49.4 Å². The van der Waals surface area contributed by atoms with Crippen LogP contribution in [-0.4, -0.2) is 29.5 Å². The molecule has 0 aliphatic rings. The minimum atomic E-state index is -0.507. The monoisotopic (exact) mass is 309 g/mol. The van der Waals surface area contributed by atoms with E-state index in [1.165, 1.54) is 4.90 Å². The summed E-state index contributed by atoms with van der Waals surface area (Å²) in [6.07, 6.45) is 3.80. The van der Waals surface area contributed by atoms with Crippen molar-refractivity contribution in [1.82, 2.24) is 9.88 Å². The number of aliphatic imine (C=N–C) groups is 1. The third-order valence-electron chi connectivity index (χ3n) is 3.33. The summed E-state index contributed by atoms with van der Waals surface area (Å²) >= 11 is 0. The van der Waals surface area contributed by atoms with Crippen molar-refractivity contribution in [2.24, 2.45) is 10.7 Å². The molecule has 0 fully saturated rings. The van der Waals surface area contributed by atoms with Gasteiger partial charge in [0, 0.05) is 18.3 Å². The van der Waals surface area contributed by atoms with Crippen molar-refractivity contribution in [3.05, 3.63) is 59.9 Å². The minimum Gasteiger partial charge on any atom is -0.496 e. The van der Waals surface area contributed by atoms with E-state index in [4.69, 9.17) is 10.5 Å². The number of rotatable bonds is 5. The van der Waals surface area contributed by atoms with Crippen LogP contribution in [0.1, 0.15) is 24.2 Å². The van der Waals surface area contributed by atoms with Gasteiger partial charge in [0.05, 0.1) is 12.8 Å². The van der Waals surface area contributed by atoms with Crippen molar-refractivity contribution in [2.45, 2.75) is 13.0 Å². The lowest BCUT2D eigenvalue weighted by molar-refractivity contribution is 0.390. The number of guanidine groups is 1. The van der Waals surface area contributed by atoms with E-state index in [-0.39, 0.29) is 5.96 Å². The fourth-order valence-corrected chi connectivity index (χ4v) is 2.34. The molecule has 23 heavy (non-hydrogen) atoms. The predicted molar refractivity (Wildman–Crippen MR) is 88.7 cm³/mol. The van der Waals surface area contributed by atoms with Crippen LogP contribution < -0.4 is 10.5 Å². The number of benzene rings is 1. The topological polar surface area (TPSA) is 87.5 Å². The zero-order valence-electron chi connectivity index (χ0n) is 13.2. The summed E-state index contributed by atoms with van der Waals surface area (Å²) in [6, 6.07) is 12.5. The van der Waals surface area contributed by atoms with Crippen molar-refractivity contribution in [3.63, 3.8) is 0 Å². The SMILES string of the molecule is CCN=C(N)N(C#N)C(c1ccccn1)c1ccccc1OC. The van der Waals surface area contributed by atoms with Gasteiger partial charge in [0.15, 0.2) is 6.19 Å². The van der Waals surface area contributed by atoms with Gasteiger partial charge >= 0.3 is 0 Å². The summed E-state index contributed by atoms with van der Waals surface area (Å²) in [4.78, 5) is 9.89. The Morgan fingerprint density at radius 3 is 2.70 bits per heavy atom. The average molecular weight is 309 g/mol. The highest BCUT2D eigenvalue weighted by atomic mass is 16.5. The molecule has 1 aromatic carbocycles. The van der Waals surface area contributed by atoms with E-state index < -0.39 is 6.04 Å². The Kier molecular flexibility index (Phi) is 5.53. The van der Waals surface area contributed by atoms with Crippen molar-refractivity contribution in [3.8, 4) is 11.9 Å². The molecular formula is C17H19N5O. The lowest BCUT2D eigenvalue weighted by Gasteiger charge is -2.27. The van der Waals surface area contributed by atoms with Gasteiger partial charge in [0.1, 0.15) is 11.8 Å². The molecule has 118 valence electrons. The number of nitriles is 1. The van der Waals surface area contributed by atoms with Gasteiger partial charge in [-0.2, -0.15) is 5.26 Å². The van der Waals surface area contributed by atoms with Crippen LogP contribution in [0.5, 0.6) is 5.75 Å². The Balaban J connectivity index is 2.61. The minimum absolute atomic E-state index is 0.150. The predicted octanol–water partition coefficient (Wildman–Crippen LogP) is 2.30. The zero-order valence-corrected chi connectivity index (χ0v) is 13.2. The number of ether oxygens (including phenoxy) is 1. The smallest absolute Gasteiger partial charge is 0.205 e. The molecule has 6 heteroatoms. The van der Waals surface area contributed by atoms with Crippen LogP contribution in [-0.2, 0) is 0 Å². The Morgan fingerprint density at radius 1 is 1.35 bits per heavy atom. The quantitative estimate of drug-likeness (QED) is 0.396. The fourth-order valence-electron chi connectivity index (χ4n) is 2.34. The van der Waals surface area contributed by atoms with Crippen molar-refractivity contribution in [2.75, 3.05) is 13.7 Å². The summed E-state index contributed by atoms with van der Waals surface area (Å²) in [5.74, 6) is 0.810.